The first-order valence-corrected chi connectivity index (χ1v) is 7.77. The van der Waals surface area contributed by atoms with Gasteiger partial charge in [0.15, 0.2) is 5.65 Å². The lowest BCUT2D eigenvalue weighted by Gasteiger charge is -2.06. The first-order chi connectivity index (χ1) is 11.9. The third-order valence-corrected chi connectivity index (χ3v) is 4.22. The van der Waals surface area contributed by atoms with E-state index in [-0.39, 0.29) is 0 Å². The van der Waals surface area contributed by atoms with Gasteiger partial charge in [-0.05, 0) is 28.5 Å². The van der Waals surface area contributed by atoms with Crippen molar-refractivity contribution >= 4 is 27.8 Å². The molecule has 0 fully saturated rings. The molecule has 24 heavy (non-hydrogen) atoms. The van der Waals surface area contributed by atoms with Gasteiger partial charge >= 0.3 is 0 Å². The van der Waals surface area contributed by atoms with Gasteiger partial charge in [0.25, 0.3) is 5.78 Å². The van der Waals surface area contributed by atoms with Crippen LogP contribution in [-0.4, -0.2) is 34.8 Å². The van der Waals surface area contributed by atoms with Crippen molar-refractivity contribution in [3.63, 3.8) is 0 Å². The summed E-state index contributed by atoms with van der Waals surface area (Å²) in [6.45, 7) is 0.820. The van der Waals surface area contributed by atoms with Crippen molar-refractivity contribution in [2.75, 3.05) is 0 Å². The van der Waals surface area contributed by atoms with E-state index in [1.54, 1.807) is 0 Å². The maximum Gasteiger partial charge on any atom is 0.293 e. The summed E-state index contributed by atoms with van der Waals surface area (Å²) in [4.78, 5) is 4.61. The molecule has 3 heterocycles. The van der Waals surface area contributed by atoms with E-state index in [1.807, 2.05) is 18.2 Å². The molecule has 0 aliphatic heterocycles. The Morgan fingerprint density at radius 1 is 0.917 bits per heavy atom. The molecule has 0 N–H and O–H groups in total. The Hall–Kier alpha value is -3.35. The van der Waals surface area contributed by atoms with E-state index >= 15 is 0 Å². The number of nitrogens with zero attached hydrogens (tertiary/aromatic N) is 7. The number of fused-ring (bicyclic) bond motifs is 4. The highest BCUT2D eigenvalue weighted by Gasteiger charge is 2.15. The van der Waals surface area contributed by atoms with Crippen LogP contribution < -0.4 is 0 Å². The molecule has 0 radical (unpaired) electrons. The molecular formula is C17H13N7. The van der Waals surface area contributed by atoms with Crippen LogP contribution in [0.2, 0.25) is 0 Å². The Balaban J connectivity index is 1.72. The molecule has 0 saturated carbocycles. The minimum absolute atomic E-state index is 0.409. The van der Waals surface area contributed by atoms with Crippen molar-refractivity contribution in [1.29, 1.82) is 0 Å². The molecular weight excluding hydrogens is 302 g/mol. The van der Waals surface area contributed by atoms with E-state index < -0.39 is 0 Å². The highest BCUT2D eigenvalue weighted by Crippen LogP contribution is 2.26. The van der Waals surface area contributed by atoms with Gasteiger partial charge in [0.2, 0.25) is 0 Å². The van der Waals surface area contributed by atoms with Crippen LogP contribution in [0.3, 0.4) is 0 Å². The fourth-order valence-electron chi connectivity index (χ4n) is 3.09. The van der Waals surface area contributed by atoms with Gasteiger partial charge in [-0.2, -0.15) is 4.98 Å². The van der Waals surface area contributed by atoms with Gasteiger partial charge in [0, 0.05) is 11.9 Å². The smallest absolute Gasteiger partial charge is 0.293 e. The minimum Gasteiger partial charge on any atom is -0.323 e. The van der Waals surface area contributed by atoms with Gasteiger partial charge in [0.05, 0.1) is 5.52 Å². The molecule has 5 aromatic rings. The molecule has 0 unspecified atom stereocenters. The lowest BCUT2D eigenvalue weighted by atomic mass is 10.1. The fraction of sp³-hybridized carbons (Fsp3) is 0.118. The molecule has 0 amide bonds. The molecule has 7 heteroatoms. The molecule has 5 rings (SSSR count). The predicted molar refractivity (Wildman–Crippen MR) is 89.5 cm³/mol. The third-order valence-electron chi connectivity index (χ3n) is 4.22. The lowest BCUT2D eigenvalue weighted by Crippen LogP contribution is -2.04. The zero-order valence-electron chi connectivity index (χ0n) is 12.7. The van der Waals surface area contributed by atoms with Gasteiger partial charge in [-0.3, -0.25) is 0 Å². The molecule has 116 valence electrons. The number of hydrogen-bond donors (Lipinski definition) is 0. The average Bonchev–Trinajstić information content (AvgIpc) is 3.21. The van der Waals surface area contributed by atoms with E-state index in [0.717, 1.165) is 35.0 Å². The number of para-hydroxylation sites is 1. The van der Waals surface area contributed by atoms with Crippen LogP contribution in [0.1, 0.15) is 5.56 Å². The van der Waals surface area contributed by atoms with E-state index in [0.29, 0.717) is 5.78 Å². The van der Waals surface area contributed by atoms with Crippen molar-refractivity contribution in [3.8, 4) is 0 Å². The highest BCUT2D eigenvalue weighted by atomic mass is 15.6. The van der Waals surface area contributed by atoms with Crippen LogP contribution in [-0.2, 0) is 13.0 Å². The zero-order chi connectivity index (χ0) is 15.9. The van der Waals surface area contributed by atoms with Crippen LogP contribution >= 0.6 is 0 Å². The van der Waals surface area contributed by atoms with E-state index in [2.05, 4.69) is 66.6 Å². The summed E-state index contributed by atoms with van der Waals surface area (Å²) >= 11 is 0. The molecule has 3 aromatic heterocycles. The van der Waals surface area contributed by atoms with Crippen LogP contribution in [0.5, 0.6) is 0 Å². The van der Waals surface area contributed by atoms with Gasteiger partial charge in [-0.1, -0.05) is 58.3 Å². The van der Waals surface area contributed by atoms with Crippen molar-refractivity contribution in [2.45, 2.75) is 13.0 Å². The van der Waals surface area contributed by atoms with Crippen molar-refractivity contribution < 1.29 is 0 Å². The van der Waals surface area contributed by atoms with Crippen molar-refractivity contribution in [2.24, 2.45) is 0 Å². The lowest BCUT2D eigenvalue weighted by molar-refractivity contribution is 0.722. The SMILES string of the molecule is c1ccc(CCn2c3ccccc3c3nn4nnnc4nc32)cc1. The normalized spacial score (nSPS) is 11.7. The molecule has 7 nitrogen and oxygen atoms in total. The highest BCUT2D eigenvalue weighted by molar-refractivity contribution is 6.04. The first-order valence-electron chi connectivity index (χ1n) is 7.77. The van der Waals surface area contributed by atoms with Gasteiger partial charge < -0.3 is 4.57 Å². The first kappa shape index (κ1) is 13.1. The number of rotatable bonds is 3. The van der Waals surface area contributed by atoms with E-state index in [1.165, 1.54) is 10.2 Å². The second-order valence-electron chi connectivity index (χ2n) is 5.66. The Bertz CT molecular complexity index is 1160. The molecule has 0 atom stereocenters. The summed E-state index contributed by atoms with van der Waals surface area (Å²) in [6, 6.07) is 18.6. The summed E-state index contributed by atoms with van der Waals surface area (Å²) in [7, 11) is 0. The van der Waals surface area contributed by atoms with Gasteiger partial charge in [0.1, 0.15) is 5.52 Å². The zero-order valence-corrected chi connectivity index (χ0v) is 12.7. The van der Waals surface area contributed by atoms with E-state index in [9.17, 15) is 0 Å². The molecule has 0 saturated heterocycles. The molecule has 0 bridgehead atoms. The summed E-state index contributed by atoms with van der Waals surface area (Å²) in [5, 5.41) is 17.0. The number of aryl methyl sites for hydroxylation is 2. The topological polar surface area (TPSA) is 73.8 Å². The van der Waals surface area contributed by atoms with Crippen LogP contribution in [0.4, 0.5) is 0 Å². The van der Waals surface area contributed by atoms with Crippen molar-refractivity contribution in [3.05, 3.63) is 60.2 Å². The quantitative estimate of drug-likeness (QED) is 0.510. The fourth-order valence-corrected chi connectivity index (χ4v) is 3.09. The summed E-state index contributed by atoms with van der Waals surface area (Å²) in [5.41, 5.74) is 4.04. The third kappa shape index (κ3) is 1.95. The Kier molecular flexibility index (Phi) is 2.78. The second kappa shape index (κ2) is 5.09. The molecule has 2 aromatic carbocycles. The number of benzene rings is 2. The maximum atomic E-state index is 4.61. The monoisotopic (exact) mass is 315 g/mol. The molecule has 0 aliphatic rings. The summed E-state index contributed by atoms with van der Waals surface area (Å²) in [5.74, 6) is 0.409. The Labute approximate surface area is 136 Å². The van der Waals surface area contributed by atoms with Crippen LogP contribution in [0.15, 0.2) is 54.6 Å². The molecule has 0 aliphatic carbocycles. The number of hydrogen-bond acceptors (Lipinski definition) is 5. The predicted octanol–water partition coefficient (Wildman–Crippen LogP) is 2.26. The van der Waals surface area contributed by atoms with Crippen molar-refractivity contribution in [1.82, 2.24) is 34.8 Å². The van der Waals surface area contributed by atoms with Crippen LogP contribution in [0, 0.1) is 0 Å². The minimum atomic E-state index is 0.409. The standard InChI is InChI=1S/C17H13N7/c1-2-6-12(7-3-1)10-11-23-14-9-5-4-8-13(14)15-16(23)18-17-19-21-22-24(17)20-15/h1-9H,10-11H2. The molecule has 0 spiro atoms. The van der Waals surface area contributed by atoms with E-state index in [4.69, 9.17) is 0 Å². The maximum absolute atomic E-state index is 4.61. The summed E-state index contributed by atoms with van der Waals surface area (Å²) in [6.07, 6.45) is 0.923. The number of aromatic nitrogens is 7. The second-order valence-corrected chi connectivity index (χ2v) is 5.66. The average molecular weight is 315 g/mol. The van der Waals surface area contributed by atoms with Gasteiger partial charge in [-0.15, -0.1) is 5.10 Å². The summed E-state index contributed by atoms with van der Waals surface area (Å²) < 4.78 is 3.57. The Morgan fingerprint density at radius 3 is 2.67 bits per heavy atom. The number of tetrazole rings is 1. The van der Waals surface area contributed by atoms with Crippen LogP contribution in [0.25, 0.3) is 27.8 Å². The largest absolute Gasteiger partial charge is 0.323 e. The Morgan fingerprint density at radius 2 is 1.75 bits per heavy atom. The van der Waals surface area contributed by atoms with Gasteiger partial charge in [-0.25, -0.2) is 0 Å².